The summed E-state index contributed by atoms with van der Waals surface area (Å²) in [5.41, 5.74) is 2.64. The largest absolute Gasteiger partial charge is 0.303 e. The van der Waals surface area contributed by atoms with Crippen LogP contribution in [0.25, 0.3) is 0 Å². The molecule has 0 aliphatic carbocycles. The molecule has 0 radical (unpaired) electrons. The second-order valence-corrected chi connectivity index (χ2v) is 1.88. The molecule has 0 atom stereocenters. The molecule has 10 heavy (non-hydrogen) atoms. The van der Waals surface area contributed by atoms with Crippen LogP contribution in [0.2, 0.25) is 0 Å². The van der Waals surface area contributed by atoms with E-state index in [1.807, 2.05) is 0 Å². The molecule has 0 aliphatic heterocycles. The highest BCUT2D eigenvalue weighted by molar-refractivity contribution is 5.77. The Hall–Kier alpha value is -0.900. The predicted molar refractivity (Wildman–Crippen MR) is 37.1 cm³/mol. The molecule has 0 unspecified atom stereocenters. The molecule has 58 valence electrons. The minimum absolute atomic E-state index is 0.0744. The summed E-state index contributed by atoms with van der Waals surface area (Å²) in [5, 5.41) is 1.35. The van der Waals surface area contributed by atoms with E-state index in [1.54, 1.807) is 14.1 Å². The van der Waals surface area contributed by atoms with E-state index in [4.69, 9.17) is 0 Å². The summed E-state index contributed by atoms with van der Waals surface area (Å²) in [7, 11) is 3.27. The Morgan fingerprint density at radius 3 is 2.70 bits per heavy atom. The summed E-state index contributed by atoms with van der Waals surface area (Å²) >= 11 is 0. The van der Waals surface area contributed by atoms with E-state index in [0.717, 1.165) is 6.29 Å². The maximum atomic E-state index is 10.8. The monoisotopic (exact) mass is 144 g/mol. The van der Waals surface area contributed by atoms with Gasteiger partial charge in [-0.05, 0) is 0 Å². The Bertz CT molecular complexity index is 125. The van der Waals surface area contributed by atoms with Gasteiger partial charge in [-0.15, -0.1) is 0 Å². The van der Waals surface area contributed by atoms with Gasteiger partial charge in [0.1, 0.15) is 6.29 Å². The van der Waals surface area contributed by atoms with Crippen molar-refractivity contribution in [3.63, 3.8) is 0 Å². The minimum Gasteiger partial charge on any atom is -0.303 e. The average Bonchev–Trinajstić information content (AvgIpc) is 1.98. The number of rotatable bonds is 4. The summed E-state index contributed by atoms with van der Waals surface area (Å²) in [6.45, 7) is 0. The lowest BCUT2D eigenvalue weighted by molar-refractivity contribution is -0.133. The number of hydrogen-bond donors (Lipinski definition) is 1. The Balaban J connectivity index is 3.51. The van der Waals surface area contributed by atoms with E-state index in [2.05, 4.69) is 5.43 Å². The van der Waals surface area contributed by atoms with Crippen LogP contribution in [0.15, 0.2) is 0 Å². The molecule has 0 aromatic heterocycles. The zero-order chi connectivity index (χ0) is 7.98. The molecule has 0 aliphatic rings. The summed E-state index contributed by atoms with van der Waals surface area (Å²) in [4.78, 5) is 20.7. The topological polar surface area (TPSA) is 49.4 Å². The van der Waals surface area contributed by atoms with Crippen molar-refractivity contribution in [2.24, 2.45) is 0 Å². The van der Waals surface area contributed by atoms with Gasteiger partial charge in [0, 0.05) is 26.9 Å². The molecule has 1 N–H and O–H groups in total. The van der Waals surface area contributed by atoms with Crippen LogP contribution < -0.4 is 5.43 Å². The van der Waals surface area contributed by atoms with Crippen LogP contribution in [0, 0.1) is 0 Å². The van der Waals surface area contributed by atoms with Gasteiger partial charge in [0.2, 0.25) is 5.91 Å². The van der Waals surface area contributed by atoms with Crippen molar-refractivity contribution in [1.82, 2.24) is 10.4 Å². The first-order chi connectivity index (χ1) is 4.72. The molecule has 0 saturated heterocycles. The molecular formula is C6H12N2O2. The number of hydrazine groups is 1. The lowest BCUT2D eigenvalue weighted by atomic mass is 10.3. The normalized spacial score (nSPS) is 9.00. The van der Waals surface area contributed by atoms with E-state index in [1.165, 1.54) is 5.01 Å². The van der Waals surface area contributed by atoms with Crippen molar-refractivity contribution in [1.29, 1.82) is 0 Å². The highest BCUT2D eigenvalue weighted by Crippen LogP contribution is 1.88. The van der Waals surface area contributed by atoms with Crippen molar-refractivity contribution < 1.29 is 9.59 Å². The van der Waals surface area contributed by atoms with Crippen LogP contribution >= 0.6 is 0 Å². The van der Waals surface area contributed by atoms with Crippen molar-refractivity contribution in [2.45, 2.75) is 12.8 Å². The zero-order valence-electron chi connectivity index (χ0n) is 6.26. The van der Waals surface area contributed by atoms with Crippen molar-refractivity contribution in [2.75, 3.05) is 14.1 Å². The molecule has 4 nitrogen and oxygen atoms in total. The van der Waals surface area contributed by atoms with Gasteiger partial charge in [-0.1, -0.05) is 0 Å². The number of hydrogen-bond acceptors (Lipinski definition) is 3. The molecule has 0 fully saturated rings. The maximum absolute atomic E-state index is 10.8. The van der Waals surface area contributed by atoms with Crippen molar-refractivity contribution in [3.8, 4) is 0 Å². The van der Waals surface area contributed by atoms with Crippen LogP contribution in [0.3, 0.4) is 0 Å². The van der Waals surface area contributed by atoms with E-state index < -0.39 is 0 Å². The Morgan fingerprint density at radius 1 is 1.70 bits per heavy atom. The molecule has 4 heteroatoms. The molecule has 0 heterocycles. The van der Waals surface area contributed by atoms with Gasteiger partial charge in [0.05, 0.1) is 0 Å². The number of nitrogens with zero attached hydrogens (tertiary/aromatic N) is 1. The molecular weight excluding hydrogens is 132 g/mol. The van der Waals surface area contributed by atoms with Gasteiger partial charge in [0.25, 0.3) is 0 Å². The van der Waals surface area contributed by atoms with Crippen LogP contribution in [-0.4, -0.2) is 31.3 Å². The van der Waals surface area contributed by atoms with Gasteiger partial charge in [0.15, 0.2) is 0 Å². The Morgan fingerprint density at radius 2 is 2.30 bits per heavy atom. The van der Waals surface area contributed by atoms with E-state index >= 15 is 0 Å². The van der Waals surface area contributed by atoms with Crippen LogP contribution in [0.4, 0.5) is 0 Å². The van der Waals surface area contributed by atoms with Gasteiger partial charge >= 0.3 is 0 Å². The fraction of sp³-hybridized carbons (Fsp3) is 0.667. The SMILES string of the molecule is CNN(C)C(=O)CCC=O. The van der Waals surface area contributed by atoms with Crippen LogP contribution in [0.1, 0.15) is 12.8 Å². The van der Waals surface area contributed by atoms with Crippen LogP contribution in [-0.2, 0) is 9.59 Å². The standard InChI is InChI=1S/C6H12N2O2/c1-7-8(2)6(10)4-3-5-9/h5,7H,3-4H2,1-2H3. The quantitative estimate of drug-likeness (QED) is 0.430. The summed E-state index contributed by atoms with van der Waals surface area (Å²) in [5.74, 6) is -0.0744. The first-order valence-corrected chi connectivity index (χ1v) is 3.10. The lowest BCUT2D eigenvalue weighted by Crippen LogP contribution is -2.36. The predicted octanol–water partition coefficient (Wildman–Crippen LogP) is -0.442. The fourth-order valence-corrected chi connectivity index (χ4v) is 0.475. The number of carbonyl (C=O) groups is 2. The highest BCUT2D eigenvalue weighted by atomic mass is 16.2. The van der Waals surface area contributed by atoms with E-state index in [9.17, 15) is 9.59 Å². The first-order valence-electron chi connectivity index (χ1n) is 3.10. The summed E-state index contributed by atoms with van der Waals surface area (Å²) in [6.07, 6.45) is 1.31. The highest BCUT2D eigenvalue weighted by Gasteiger charge is 2.03. The van der Waals surface area contributed by atoms with Gasteiger partial charge < -0.3 is 4.79 Å². The minimum atomic E-state index is -0.0744. The number of aldehydes is 1. The van der Waals surface area contributed by atoms with E-state index in [-0.39, 0.29) is 12.3 Å². The van der Waals surface area contributed by atoms with Gasteiger partial charge in [-0.2, -0.15) is 0 Å². The second kappa shape index (κ2) is 4.93. The molecule has 1 amide bonds. The lowest BCUT2D eigenvalue weighted by Gasteiger charge is -2.13. The third-order valence-electron chi connectivity index (χ3n) is 1.19. The third kappa shape index (κ3) is 3.19. The smallest absolute Gasteiger partial charge is 0.236 e. The van der Waals surface area contributed by atoms with E-state index in [0.29, 0.717) is 6.42 Å². The molecule has 0 aromatic rings. The fourth-order valence-electron chi connectivity index (χ4n) is 0.475. The van der Waals surface area contributed by atoms with Gasteiger partial charge in [-0.25, -0.2) is 5.43 Å². The number of nitrogens with one attached hydrogen (secondary N) is 1. The maximum Gasteiger partial charge on any atom is 0.236 e. The average molecular weight is 144 g/mol. The Kier molecular flexibility index (Phi) is 4.49. The molecule has 0 spiro atoms. The summed E-state index contributed by atoms with van der Waals surface area (Å²) < 4.78 is 0. The molecule has 0 aromatic carbocycles. The zero-order valence-corrected chi connectivity index (χ0v) is 6.26. The van der Waals surface area contributed by atoms with Crippen molar-refractivity contribution >= 4 is 12.2 Å². The third-order valence-corrected chi connectivity index (χ3v) is 1.19. The summed E-state index contributed by atoms with van der Waals surface area (Å²) in [6, 6.07) is 0. The first kappa shape index (κ1) is 9.10. The number of carbonyl (C=O) groups excluding carboxylic acids is 2. The molecule has 0 saturated carbocycles. The van der Waals surface area contributed by atoms with Gasteiger partial charge in [-0.3, -0.25) is 9.80 Å². The Labute approximate surface area is 60.2 Å². The van der Waals surface area contributed by atoms with Crippen molar-refractivity contribution in [3.05, 3.63) is 0 Å². The molecule has 0 rings (SSSR count). The second-order valence-electron chi connectivity index (χ2n) is 1.88. The van der Waals surface area contributed by atoms with Crippen LogP contribution in [0.5, 0.6) is 0 Å². The molecule has 0 bridgehead atoms. The number of amides is 1.